The van der Waals surface area contributed by atoms with Crippen LogP contribution in [0.4, 0.5) is 0 Å². The molecular formula is C14H25N3O. The van der Waals surface area contributed by atoms with Gasteiger partial charge in [-0.05, 0) is 24.7 Å². The first-order chi connectivity index (χ1) is 8.57. The summed E-state index contributed by atoms with van der Waals surface area (Å²) in [6, 6.07) is 0. The maximum Gasteiger partial charge on any atom is 0.138 e. The van der Waals surface area contributed by atoms with E-state index in [1.807, 2.05) is 4.68 Å². The molecule has 102 valence electrons. The van der Waals surface area contributed by atoms with E-state index in [0.717, 1.165) is 31.6 Å². The van der Waals surface area contributed by atoms with E-state index >= 15 is 0 Å². The first kappa shape index (κ1) is 13.5. The van der Waals surface area contributed by atoms with Crippen LogP contribution < -0.4 is 0 Å². The number of aliphatic hydroxyl groups is 1. The van der Waals surface area contributed by atoms with Crippen LogP contribution in [0, 0.1) is 11.8 Å². The standard InChI is InChI=1S/C14H25N3O/c1-4-8-17-13(15-10-16-17)9-14(18)7-5-6-11(2)12(14)3/h10-12,18H,4-9H2,1-3H3. The Morgan fingerprint density at radius 2 is 2.28 bits per heavy atom. The molecule has 4 nitrogen and oxygen atoms in total. The molecule has 3 unspecified atom stereocenters. The minimum Gasteiger partial charge on any atom is -0.389 e. The van der Waals surface area contributed by atoms with Crippen LogP contribution in [0.15, 0.2) is 6.33 Å². The zero-order valence-corrected chi connectivity index (χ0v) is 11.8. The maximum absolute atomic E-state index is 10.9. The van der Waals surface area contributed by atoms with Crippen molar-refractivity contribution in [3.8, 4) is 0 Å². The average molecular weight is 251 g/mol. The van der Waals surface area contributed by atoms with Crippen molar-refractivity contribution in [2.45, 2.75) is 65.0 Å². The van der Waals surface area contributed by atoms with Gasteiger partial charge in [-0.1, -0.05) is 33.6 Å². The third kappa shape index (κ3) is 2.58. The van der Waals surface area contributed by atoms with Crippen molar-refractivity contribution in [1.82, 2.24) is 14.8 Å². The minimum absolute atomic E-state index is 0.332. The molecule has 1 N–H and O–H groups in total. The second-order valence-electron chi connectivity index (χ2n) is 5.84. The van der Waals surface area contributed by atoms with E-state index in [0.29, 0.717) is 18.3 Å². The molecule has 18 heavy (non-hydrogen) atoms. The molecular weight excluding hydrogens is 226 g/mol. The van der Waals surface area contributed by atoms with Crippen LogP contribution in [0.1, 0.15) is 52.3 Å². The fraction of sp³-hybridized carbons (Fsp3) is 0.857. The van der Waals surface area contributed by atoms with Gasteiger partial charge in [-0.2, -0.15) is 5.10 Å². The van der Waals surface area contributed by atoms with Crippen molar-refractivity contribution in [3.63, 3.8) is 0 Å². The number of hydrogen-bond acceptors (Lipinski definition) is 3. The van der Waals surface area contributed by atoms with Crippen molar-refractivity contribution in [2.75, 3.05) is 0 Å². The van der Waals surface area contributed by atoms with E-state index in [4.69, 9.17) is 0 Å². The third-order valence-corrected chi connectivity index (χ3v) is 4.57. The van der Waals surface area contributed by atoms with Crippen molar-refractivity contribution in [3.05, 3.63) is 12.2 Å². The highest BCUT2D eigenvalue weighted by Crippen LogP contribution is 2.39. The molecule has 1 aliphatic carbocycles. The van der Waals surface area contributed by atoms with Crippen molar-refractivity contribution >= 4 is 0 Å². The molecule has 3 atom stereocenters. The van der Waals surface area contributed by atoms with Crippen LogP contribution in [-0.2, 0) is 13.0 Å². The fourth-order valence-electron chi connectivity index (χ4n) is 3.08. The van der Waals surface area contributed by atoms with Crippen molar-refractivity contribution in [2.24, 2.45) is 11.8 Å². The van der Waals surface area contributed by atoms with Crippen molar-refractivity contribution in [1.29, 1.82) is 0 Å². The number of hydrogen-bond donors (Lipinski definition) is 1. The molecule has 0 saturated heterocycles. The summed E-state index contributed by atoms with van der Waals surface area (Å²) in [7, 11) is 0. The molecule has 1 aliphatic rings. The predicted octanol–water partition coefficient (Wildman–Crippen LogP) is 2.42. The van der Waals surface area contributed by atoms with Crippen LogP contribution in [0.25, 0.3) is 0 Å². The normalized spacial score (nSPS) is 32.7. The van der Waals surface area contributed by atoms with Gasteiger partial charge in [-0.15, -0.1) is 0 Å². The highest BCUT2D eigenvalue weighted by atomic mass is 16.3. The Balaban J connectivity index is 2.13. The van der Waals surface area contributed by atoms with Crippen LogP contribution in [0.5, 0.6) is 0 Å². The lowest BCUT2D eigenvalue weighted by Crippen LogP contribution is -2.45. The first-order valence-corrected chi connectivity index (χ1v) is 7.16. The molecule has 1 saturated carbocycles. The Labute approximate surface area is 109 Å². The van der Waals surface area contributed by atoms with Gasteiger partial charge < -0.3 is 5.11 Å². The second-order valence-corrected chi connectivity index (χ2v) is 5.84. The molecule has 2 rings (SSSR count). The maximum atomic E-state index is 10.9. The molecule has 1 aromatic heterocycles. The van der Waals surface area contributed by atoms with E-state index in [-0.39, 0.29) is 0 Å². The van der Waals surface area contributed by atoms with E-state index in [1.165, 1.54) is 6.42 Å². The largest absolute Gasteiger partial charge is 0.389 e. The lowest BCUT2D eigenvalue weighted by atomic mass is 9.69. The Hall–Kier alpha value is -0.900. The Kier molecular flexibility index (Phi) is 4.05. The van der Waals surface area contributed by atoms with Crippen LogP contribution in [0.2, 0.25) is 0 Å². The van der Waals surface area contributed by atoms with E-state index in [2.05, 4.69) is 30.9 Å². The zero-order valence-electron chi connectivity index (χ0n) is 11.8. The van der Waals surface area contributed by atoms with Crippen molar-refractivity contribution < 1.29 is 5.11 Å². The molecule has 0 radical (unpaired) electrons. The highest BCUT2D eigenvalue weighted by molar-refractivity contribution is 5.00. The van der Waals surface area contributed by atoms with Gasteiger partial charge in [0.2, 0.25) is 0 Å². The monoisotopic (exact) mass is 251 g/mol. The fourth-order valence-corrected chi connectivity index (χ4v) is 3.08. The van der Waals surface area contributed by atoms with Crippen LogP contribution in [0.3, 0.4) is 0 Å². The van der Waals surface area contributed by atoms with Crippen LogP contribution in [-0.4, -0.2) is 25.5 Å². The Morgan fingerprint density at radius 1 is 1.50 bits per heavy atom. The SMILES string of the molecule is CCCn1ncnc1CC1(O)CCCC(C)C1C. The van der Waals surface area contributed by atoms with E-state index in [9.17, 15) is 5.11 Å². The zero-order chi connectivity index (χ0) is 13.2. The van der Waals surface area contributed by atoms with E-state index in [1.54, 1.807) is 6.33 Å². The molecule has 4 heteroatoms. The number of rotatable bonds is 4. The molecule has 1 heterocycles. The first-order valence-electron chi connectivity index (χ1n) is 7.16. The summed E-state index contributed by atoms with van der Waals surface area (Å²) in [6.45, 7) is 7.43. The summed E-state index contributed by atoms with van der Waals surface area (Å²) in [4.78, 5) is 4.33. The number of aryl methyl sites for hydroxylation is 1. The lowest BCUT2D eigenvalue weighted by molar-refractivity contribution is -0.0640. The molecule has 0 spiro atoms. The summed E-state index contributed by atoms with van der Waals surface area (Å²) in [5, 5.41) is 15.1. The van der Waals surface area contributed by atoms with Gasteiger partial charge in [0.15, 0.2) is 0 Å². The third-order valence-electron chi connectivity index (χ3n) is 4.57. The molecule has 1 fully saturated rings. The lowest BCUT2D eigenvalue weighted by Gasteiger charge is -2.41. The highest BCUT2D eigenvalue weighted by Gasteiger charge is 2.40. The van der Waals surface area contributed by atoms with Gasteiger partial charge in [0.25, 0.3) is 0 Å². The molecule has 0 amide bonds. The quantitative estimate of drug-likeness (QED) is 0.894. The molecule has 0 aliphatic heterocycles. The van der Waals surface area contributed by atoms with E-state index < -0.39 is 5.60 Å². The minimum atomic E-state index is -0.601. The molecule has 0 aromatic carbocycles. The van der Waals surface area contributed by atoms with Gasteiger partial charge in [-0.25, -0.2) is 4.98 Å². The van der Waals surface area contributed by atoms with Gasteiger partial charge in [0, 0.05) is 13.0 Å². The smallest absolute Gasteiger partial charge is 0.138 e. The topological polar surface area (TPSA) is 50.9 Å². The second kappa shape index (κ2) is 5.39. The number of nitrogens with zero attached hydrogens (tertiary/aromatic N) is 3. The Bertz CT molecular complexity index is 390. The summed E-state index contributed by atoms with van der Waals surface area (Å²) in [6.07, 6.45) is 6.51. The Morgan fingerprint density at radius 3 is 3.00 bits per heavy atom. The average Bonchev–Trinajstić information content (AvgIpc) is 2.74. The molecule has 0 bridgehead atoms. The van der Waals surface area contributed by atoms with Gasteiger partial charge in [-0.3, -0.25) is 4.68 Å². The summed E-state index contributed by atoms with van der Waals surface area (Å²) in [5.41, 5.74) is -0.601. The summed E-state index contributed by atoms with van der Waals surface area (Å²) >= 11 is 0. The molecule has 1 aromatic rings. The summed E-state index contributed by atoms with van der Waals surface area (Å²) < 4.78 is 1.93. The van der Waals surface area contributed by atoms with Gasteiger partial charge in [0.1, 0.15) is 12.2 Å². The van der Waals surface area contributed by atoms with Gasteiger partial charge >= 0.3 is 0 Å². The summed E-state index contributed by atoms with van der Waals surface area (Å²) in [5.74, 6) is 1.85. The number of aromatic nitrogens is 3. The van der Waals surface area contributed by atoms with Gasteiger partial charge in [0.05, 0.1) is 5.60 Å². The predicted molar refractivity (Wildman–Crippen MR) is 71.1 cm³/mol. The van der Waals surface area contributed by atoms with Crippen LogP contribution >= 0.6 is 0 Å².